The van der Waals surface area contributed by atoms with Crippen molar-refractivity contribution in [3.05, 3.63) is 97.6 Å². The average molecular weight is 583 g/mol. The van der Waals surface area contributed by atoms with Gasteiger partial charge in [-0.1, -0.05) is 61.5 Å². The first kappa shape index (κ1) is 29.2. The third-order valence-electron chi connectivity index (χ3n) is 7.24. The van der Waals surface area contributed by atoms with Gasteiger partial charge in [0.1, 0.15) is 23.6 Å². The zero-order valence-electron chi connectivity index (χ0n) is 23.6. The van der Waals surface area contributed by atoms with E-state index in [1.54, 1.807) is 13.2 Å². The zero-order valence-corrected chi connectivity index (χ0v) is 24.4. The molecule has 2 amide bonds. The van der Waals surface area contributed by atoms with Gasteiger partial charge in [0, 0.05) is 46.9 Å². The van der Waals surface area contributed by atoms with Gasteiger partial charge in [0.25, 0.3) is 5.91 Å². The van der Waals surface area contributed by atoms with Gasteiger partial charge >= 0.3 is 0 Å². The van der Waals surface area contributed by atoms with Crippen molar-refractivity contribution in [3.8, 4) is 22.8 Å². The van der Waals surface area contributed by atoms with E-state index in [9.17, 15) is 9.59 Å². The second-order valence-corrected chi connectivity index (χ2v) is 11.0. The van der Waals surface area contributed by atoms with Crippen LogP contribution in [0.1, 0.15) is 13.3 Å². The molecule has 42 heavy (non-hydrogen) atoms. The molecule has 1 aromatic heterocycles. The summed E-state index contributed by atoms with van der Waals surface area (Å²) in [5, 5.41) is 7.05. The summed E-state index contributed by atoms with van der Waals surface area (Å²) >= 11 is 1.21. The minimum Gasteiger partial charge on any atom is -0.497 e. The van der Waals surface area contributed by atoms with Crippen LogP contribution in [0, 0.1) is 5.92 Å². The van der Waals surface area contributed by atoms with Crippen LogP contribution in [0.3, 0.4) is 0 Å². The predicted molar refractivity (Wildman–Crippen MR) is 166 cm³/mol. The molecule has 0 bridgehead atoms. The van der Waals surface area contributed by atoms with E-state index in [1.807, 2.05) is 91.9 Å². The summed E-state index contributed by atoms with van der Waals surface area (Å²) in [7, 11) is 1.63. The van der Waals surface area contributed by atoms with Crippen LogP contribution in [0.2, 0.25) is 0 Å². The molecule has 8 nitrogen and oxygen atoms in total. The number of carbonyl (C=O) groups excluding carboxylic acids is 2. The Bertz CT molecular complexity index is 1550. The van der Waals surface area contributed by atoms with Crippen molar-refractivity contribution in [2.75, 3.05) is 13.7 Å². The highest BCUT2D eigenvalue weighted by Crippen LogP contribution is 2.33. The molecule has 4 atom stereocenters. The molecule has 216 valence electrons. The van der Waals surface area contributed by atoms with Gasteiger partial charge in [0.05, 0.1) is 24.4 Å². The first-order valence-corrected chi connectivity index (χ1v) is 14.7. The maximum Gasteiger partial charge on any atom is 0.253 e. The molecule has 0 spiro atoms. The first-order chi connectivity index (χ1) is 20.4. The molecule has 1 saturated heterocycles. The number of nitrogens with zero attached hydrogens (tertiary/aromatic N) is 1. The number of hydrogen-bond donors (Lipinski definition) is 3. The molecule has 4 unspecified atom stereocenters. The zero-order chi connectivity index (χ0) is 29.5. The van der Waals surface area contributed by atoms with Crippen molar-refractivity contribution in [3.63, 3.8) is 0 Å². The first-order valence-electron chi connectivity index (χ1n) is 13.8. The van der Waals surface area contributed by atoms with Gasteiger partial charge in [-0.2, -0.15) is 0 Å². The molecule has 1 fully saturated rings. The summed E-state index contributed by atoms with van der Waals surface area (Å²) < 4.78 is 14.8. The number of nitrogens with one attached hydrogen (secondary N) is 3. The van der Waals surface area contributed by atoms with Crippen molar-refractivity contribution >= 4 is 34.7 Å². The summed E-state index contributed by atoms with van der Waals surface area (Å²) in [6, 6.07) is 25.8. The molecule has 2 heterocycles. The van der Waals surface area contributed by atoms with E-state index in [2.05, 4.69) is 21.9 Å². The number of pyridine rings is 1. The summed E-state index contributed by atoms with van der Waals surface area (Å²) in [4.78, 5) is 32.1. The van der Waals surface area contributed by atoms with Crippen LogP contribution in [0.15, 0.2) is 102 Å². The lowest BCUT2D eigenvalue weighted by molar-refractivity contribution is -0.129. The minimum absolute atomic E-state index is 0.255. The van der Waals surface area contributed by atoms with Gasteiger partial charge < -0.3 is 20.1 Å². The molecule has 1 aliphatic rings. The van der Waals surface area contributed by atoms with Crippen molar-refractivity contribution in [2.45, 2.75) is 36.4 Å². The summed E-state index contributed by atoms with van der Waals surface area (Å²) in [6.07, 6.45) is 1.86. The third kappa shape index (κ3) is 6.92. The second-order valence-electron chi connectivity index (χ2n) is 10.2. The lowest BCUT2D eigenvalue weighted by Gasteiger charge is -2.23. The Morgan fingerprint density at radius 2 is 1.81 bits per heavy atom. The van der Waals surface area contributed by atoms with Crippen molar-refractivity contribution in [2.24, 2.45) is 5.92 Å². The minimum atomic E-state index is -0.763. The lowest BCUT2D eigenvalue weighted by Crippen LogP contribution is -2.52. The van der Waals surface area contributed by atoms with E-state index in [0.717, 1.165) is 27.1 Å². The molecule has 9 heteroatoms. The Hall–Kier alpha value is -4.34. The van der Waals surface area contributed by atoms with Crippen LogP contribution in [0.5, 0.6) is 11.5 Å². The summed E-state index contributed by atoms with van der Waals surface area (Å²) in [6.45, 7) is 6.16. The second kappa shape index (κ2) is 13.5. The number of aromatic nitrogens is 1. The number of rotatable bonds is 11. The summed E-state index contributed by atoms with van der Waals surface area (Å²) in [5.41, 5.74) is 2.51. The van der Waals surface area contributed by atoms with Gasteiger partial charge in [-0.05, 0) is 36.2 Å². The predicted octanol–water partition coefficient (Wildman–Crippen LogP) is 5.15. The van der Waals surface area contributed by atoms with E-state index >= 15 is 0 Å². The maximum atomic E-state index is 13.3. The SMILES string of the molecule is C=CC(C)C(NC(=O)C1CC(Oc2cc(-c3ccccc3)nc3cc(OC)ccc23)CN1)C(=O)NSc1ccccc1. The van der Waals surface area contributed by atoms with E-state index in [0.29, 0.717) is 24.5 Å². The Balaban J connectivity index is 1.28. The van der Waals surface area contributed by atoms with Gasteiger partial charge in [-0.15, -0.1) is 6.58 Å². The molecule has 0 saturated carbocycles. The molecule has 0 aliphatic carbocycles. The number of amides is 2. The fraction of sp³-hybridized carbons (Fsp3) is 0.242. The molecular weight excluding hydrogens is 548 g/mol. The van der Waals surface area contributed by atoms with Gasteiger partial charge in [-0.3, -0.25) is 14.3 Å². The number of ether oxygens (including phenoxy) is 2. The highest BCUT2D eigenvalue weighted by Gasteiger charge is 2.34. The smallest absolute Gasteiger partial charge is 0.253 e. The van der Waals surface area contributed by atoms with E-state index in [1.165, 1.54) is 11.9 Å². The molecule has 3 aromatic carbocycles. The largest absolute Gasteiger partial charge is 0.497 e. The van der Waals surface area contributed by atoms with Crippen LogP contribution in [-0.4, -0.2) is 48.6 Å². The van der Waals surface area contributed by atoms with Crippen LogP contribution >= 0.6 is 11.9 Å². The van der Waals surface area contributed by atoms with Crippen molar-refractivity contribution in [1.82, 2.24) is 20.3 Å². The van der Waals surface area contributed by atoms with Crippen molar-refractivity contribution < 1.29 is 19.1 Å². The molecule has 1 aliphatic heterocycles. The quantitative estimate of drug-likeness (QED) is 0.166. The molecule has 4 aromatic rings. The molecule has 0 radical (unpaired) electrons. The lowest BCUT2D eigenvalue weighted by atomic mass is 10.0. The van der Waals surface area contributed by atoms with E-state index in [4.69, 9.17) is 14.5 Å². The standard InChI is InChI=1S/C33H34N4O4S/c1-4-21(2)31(33(39)37-42-25-13-9-6-10-14-25)36-32(38)29-18-24(20-34-29)41-30-19-27(22-11-7-5-8-12-22)35-28-17-23(40-3)15-16-26(28)30/h4-17,19,21,24,29,31,34H,1,18,20H2,2-3H3,(H,36,38)(H,37,39). The molecule has 5 rings (SSSR count). The van der Waals surface area contributed by atoms with Crippen LogP contribution in [-0.2, 0) is 9.59 Å². The monoisotopic (exact) mass is 582 g/mol. The Labute approximate surface area is 250 Å². The van der Waals surface area contributed by atoms with Gasteiger partial charge in [-0.25, -0.2) is 4.98 Å². The fourth-order valence-corrected chi connectivity index (χ4v) is 5.46. The highest BCUT2D eigenvalue weighted by atomic mass is 32.2. The number of methoxy groups -OCH3 is 1. The van der Waals surface area contributed by atoms with Crippen LogP contribution in [0.25, 0.3) is 22.2 Å². The Kier molecular flexibility index (Phi) is 9.41. The Morgan fingerprint density at radius 1 is 1.07 bits per heavy atom. The van der Waals surface area contributed by atoms with Gasteiger partial charge in [0.2, 0.25) is 5.91 Å². The number of hydrogen-bond acceptors (Lipinski definition) is 7. The van der Waals surface area contributed by atoms with Crippen LogP contribution in [0.4, 0.5) is 0 Å². The third-order valence-corrected chi connectivity index (χ3v) is 8.05. The molecule has 3 N–H and O–H groups in total. The topological polar surface area (TPSA) is 102 Å². The fourth-order valence-electron chi connectivity index (χ4n) is 4.82. The number of carbonyl (C=O) groups is 2. The maximum absolute atomic E-state index is 13.3. The summed E-state index contributed by atoms with van der Waals surface area (Å²) in [5.74, 6) is 0.580. The highest BCUT2D eigenvalue weighted by molar-refractivity contribution is 7.98. The van der Waals surface area contributed by atoms with E-state index < -0.39 is 12.1 Å². The number of benzene rings is 3. The van der Waals surface area contributed by atoms with Crippen LogP contribution < -0.4 is 24.8 Å². The van der Waals surface area contributed by atoms with E-state index in [-0.39, 0.29) is 23.8 Å². The van der Waals surface area contributed by atoms with Gasteiger partial charge in [0.15, 0.2) is 0 Å². The average Bonchev–Trinajstić information content (AvgIpc) is 3.51. The molecular formula is C33H34N4O4S. The normalized spacial score (nSPS) is 17.7. The number of fused-ring (bicyclic) bond motifs is 1. The Morgan fingerprint density at radius 3 is 2.52 bits per heavy atom. The van der Waals surface area contributed by atoms with Crippen molar-refractivity contribution in [1.29, 1.82) is 0 Å².